The van der Waals surface area contributed by atoms with Gasteiger partial charge in [-0.05, 0) is 25.0 Å². The summed E-state index contributed by atoms with van der Waals surface area (Å²) in [4.78, 5) is 0. The maximum absolute atomic E-state index is 12.2. The summed E-state index contributed by atoms with van der Waals surface area (Å²) in [7, 11) is -1.73. The second-order valence-corrected chi connectivity index (χ2v) is 7.09. The van der Waals surface area contributed by atoms with Gasteiger partial charge in [0.25, 0.3) is 0 Å². The van der Waals surface area contributed by atoms with Crippen LogP contribution in [0.2, 0.25) is 0 Å². The minimum absolute atomic E-state index is 0.00394. The van der Waals surface area contributed by atoms with E-state index in [1.54, 1.807) is 19.2 Å². The van der Waals surface area contributed by atoms with Crippen LogP contribution in [0.25, 0.3) is 0 Å². The molecular weight excluding hydrogens is 276 g/mol. The summed E-state index contributed by atoms with van der Waals surface area (Å²) in [5.74, 6) is -0.00394. The standard InChI is InChI=1S/C14H24N2O3S/c1-12(2)19-9-8-16(3)20(17,18)11-14-6-4-13(10-15)5-7-14/h4-7,12H,8-11,15H2,1-3H3. The lowest BCUT2D eigenvalue weighted by atomic mass is 10.1. The van der Waals surface area contributed by atoms with E-state index < -0.39 is 10.0 Å². The molecule has 2 N–H and O–H groups in total. The van der Waals surface area contributed by atoms with Gasteiger partial charge in [0.05, 0.1) is 18.5 Å². The van der Waals surface area contributed by atoms with E-state index in [0.29, 0.717) is 19.7 Å². The van der Waals surface area contributed by atoms with Gasteiger partial charge in [-0.3, -0.25) is 0 Å². The average molecular weight is 300 g/mol. The molecule has 0 aliphatic heterocycles. The highest BCUT2D eigenvalue weighted by atomic mass is 32.2. The molecule has 0 amide bonds. The Kier molecular flexibility index (Phi) is 6.61. The topological polar surface area (TPSA) is 72.6 Å². The normalized spacial score (nSPS) is 12.3. The Labute approximate surface area is 121 Å². The van der Waals surface area contributed by atoms with Crippen molar-refractivity contribution in [2.24, 2.45) is 5.73 Å². The zero-order valence-corrected chi connectivity index (χ0v) is 13.2. The highest BCUT2D eigenvalue weighted by molar-refractivity contribution is 7.88. The van der Waals surface area contributed by atoms with Gasteiger partial charge in [0.2, 0.25) is 10.0 Å². The lowest BCUT2D eigenvalue weighted by Crippen LogP contribution is -2.31. The smallest absolute Gasteiger partial charge is 0.218 e. The van der Waals surface area contributed by atoms with E-state index in [9.17, 15) is 8.42 Å². The molecule has 0 heterocycles. The molecule has 0 aliphatic carbocycles. The van der Waals surface area contributed by atoms with E-state index in [1.807, 2.05) is 26.0 Å². The number of nitrogens with two attached hydrogens (primary N) is 1. The summed E-state index contributed by atoms with van der Waals surface area (Å²) in [6, 6.07) is 7.32. The van der Waals surface area contributed by atoms with Crippen LogP contribution in [0.4, 0.5) is 0 Å². The molecule has 1 aromatic rings. The van der Waals surface area contributed by atoms with Gasteiger partial charge < -0.3 is 10.5 Å². The Morgan fingerprint density at radius 3 is 2.25 bits per heavy atom. The lowest BCUT2D eigenvalue weighted by molar-refractivity contribution is 0.0737. The number of hydrogen-bond donors (Lipinski definition) is 1. The van der Waals surface area contributed by atoms with Gasteiger partial charge >= 0.3 is 0 Å². The molecular formula is C14H24N2O3S. The van der Waals surface area contributed by atoms with E-state index in [4.69, 9.17) is 10.5 Å². The van der Waals surface area contributed by atoms with Gasteiger partial charge in [0, 0.05) is 20.1 Å². The van der Waals surface area contributed by atoms with Crippen molar-refractivity contribution in [1.29, 1.82) is 0 Å². The van der Waals surface area contributed by atoms with Crippen molar-refractivity contribution in [3.05, 3.63) is 35.4 Å². The fraction of sp³-hybridized carbons (Fsp3) is 0.571. The minimum atomic E-state index is -3.31. The number of hydrogen-bond acceptors (Lipinski definition) is 4. The third kappa shape index (κ3) is 5.58. The molecule has 0 aromatic heterocycles. The molecule has 0 spiro atoms. The zero-order chi connectivity index (χ0) is 15.2. The van der Waals surface area contributed by atoms with Crippen molar-refractivity contribution in [2.45, 2.75) is 32.2 Å². The number of ether oxygens (including phenoxy) is 1. The molecule has 1 aromatic carbocycles. The fourth-order valence-electron chi connectivity index (χ4n) is 1.65. The summed E-state index contributed by atoms with van der Waals surface area (Å²) in [5.41, 5.74) is 7.27. The maximum atomic E-state index is 12.2. The van der Waals surface area contributed by atoms with Crippen molar-refractivity contribution >= 4 is 10.0 Å². The molecule has 114 valence electrons. The van der Waals surface area contributed by atoms with Crippen molar-refractivity contribution in [1.82, 2.24) is 4.31 Å². The van der Waals surface area contributed by atoms with Crippen LogP contribution in [0.3, 0.4) is 0 Å². The Bertz CT molecular complexity index is 498. The number of sulfonamides is 1. The van der Waals surface area contributed by atoms with Crippen LogP contribution in [0.15, 0.2) is 24.3 Å². The first-order chi connectivity index (χ1) is 9.35. The first kappa shape index (κ1) is 17.1. The second-order valence-electron chi connectivity index (χ2n) is 5.02. The number of nitrogens with zero attached hydrogens (tertiary/aromatic N) is 1. The van der Waals surface area contributed by atoms with Gasteiger partial charge in [-0.2, -0.15) is 0 Å². The van der Waals surface area contributed by atoms with E-state index in [1.165, 1.54) is 4.31 Å². The number of benzene rings is 1. The molecule has 0 atom stereocenters. The van der Waals surface area contributed by atoms with Gasteiger partial charge in [-0.15, -0.1) is 0 Å². The van der Waals surface area contributed by atoms with Gasteiger partial charge in [0.1, 0.15) is 0 Å². The van der Waals surface area contributed by atoms with Crippen LogP contribution < -0.4 is 5.73 Å². The largest absolute Gasteiger partial charge is 0.377 e. The maximum Gasteiger partial charge on any atom is 0.218 e. The second kappa shape index (κ2) is 7.73. The highest BCUT2D eigenvalue weighted by Gasteiger charge is 2.18. The molecule has 0 fully saturated rings. The molecule has 0 saturated heterocycles. The molecule has 1 rings (SSSR count). The van der Waals surface area contributed by atoms with Crippen molar-refractivity contribution in [3.63, 3.8) is 0 Å². The third-order valence-electron chi connectivity index (χ3n) is 2.94. The number of likely N-dealkylation sites (N-methyl/N-ethyl adjacent to an activating group) is 1. The van der Waals surface area contributed by atoms with Gasteiger partial charge in [0.15, 0.2) is 0 Å². The van der Waals surface area contributed by atoms with Crippen LogP contribution in [0.5, 0.6) is 0 Å². The average Bonchev–Trinajstić information content (AvgIpc) is 2.38. The predicted octanol–water partition coefficient (Wildman–Crippen LogP) is 1.33. The molecule has 0 bridgehead atoms. The Morgan fingerprint density at radius 2 is 1.75 bits per heavy atom. The zero-order valence-electron chi connectivity index (χ0n) is 12.4. The molecule has 20 heavy (non-hydrogen) atoms. The Morgan fingerprint density at radius 1 is 1.20 bits per heavy atom. The van der Waals surface area contributed by atoms with Crippen molar-refractivity contribution in [2.75, 3.05) is 20.2 Å². The van der Waals surface area contributed by atoms with Crippen LogP contribution in [0.1, 0.15) is 25.0 Å². The van der Waals surface area contributed by atoms with E-state index in [0.717, 1.165) is 11.1 Å². The first-order valence-corrected chi connectivity index (χ1v) is 8.29. The first-order valence-electron chi connectivity index (χ1n) is 6.68. The summed E-state index contributed by atoms with van der Waals surface area (Å²) in [5, 5.41) is 0. The quantitative estimate of drug-likeness (QED) is 0.786. The Balaban J connectivity index is 2.58. The monoisotopic (exact) mass is 300 g/mol. The molecule has 6 heteroatoms. The predicted molar refractivity (Wildman–Crippen MR) is 80.7 cm³/mol. The summed E-state index contributed by atoms with van der Waals surface area (Å²) in [6.45, 7) is 5.07. The van der Waals surface area contributed by atoms with Crippen LogP contribution in [0, 0.1) is 0 Å². The molecule has 0 unspecified atom stereocenters. The van der Waals surface area contributed by atoms with Crippen LogP contribution >= 0.6 is 0 Å². The van der Waals surface area contributed by atoms with E-state index in [2.05, 4.69) is 0 Å². The minimum Gasteiger partial charge on any atom is -0.377 e. The molecule has 0 saturated carbocycles. The summed E-state index contributed by atoms with van der Waals surface area (Å²) < 4.78 is 31.1. The van der Waals surface area contributed by atoms with E-state index >= 15 is 0 Å². The third-order valence-corrected chi connectivity index (χ3v) is 4.77. The van der Waals surface area contributed by atoms with Crippen LogP contribution in [-0.4, -0.2) is 39.0 Å². The molecule has 0 aliphatic rings. The SMILES string of the molecule is CC(C)OCCN(C)S(=O)(=O)Cc1ccc(CN)cc1. The van der Waals surface area contributed by atoms with Gasteiger partial charge in [-0.1, -0.05) is 24.3 Å². The summed E-state index contributed by atoms with van der Waals surface area (Å²) >= 11 is 0. The van der Waals surface area contributed by atoms with Crippen molar-refractivity contribution in [3.8, 4) is 0 Å². The van der Waals surface area contributed by atoms with E-state index in [-0.39, 0.29) is 11.9 Å². The van der Waals surface area contributed by atoms with Gasteiger partial charge in [-0.25, -0.2) is 12.7 Å². The molecule has 0 radical (unpaired) electrons. The highest BCUT2D eigenvalue weighted by Crippen LogP contribution is 2.11. The number of rotatable bonds is 8. The van der Waals surface area contributed by atoms with Crippen LogP contribution in [-0.2, 0) is 27.1 Å². The lowest BCUT2D eigenvalue weighted by Gasteiger charge is -2.18. The molecule has 5 nitrogen and oxygen atoms in total. The van der Waals surface area contributed by atoms with Crippen molar-refractivity contribution < 1.29 is 13.2 Å². The fourth-order valence-corrected chi connectivity index (χ4v) is 2.84. The summed E-state index contributed by atoms with van der Waals surface area (Å²) in [6.07, 6.45) is 0.106. The Hall–Kier alpha value is -0.950.